The number of nitrogens with two attached hydrogens (primary N) is 1. The first-order chi connectivity index (χ1) is 6.40. The molecule has 70 valence electrons. The van der Waals surface area contributed by atoms with Crippen LogP contribution in [0.25, 0.3) is 0 Å². The highest BCUT2D eigenvalue weighted by atomic mass is 14.9. The van der Waals surface area contributed by atoms with Gasteiger partial charge in [0.2, 0.25) is 0 Å². The van der Waals surface area contributed by atoms with Gasteiger partial charge in [0.05, 0.1) is 0 Å². The third kappa shape index (κ3) is 1.90. The molecule has 0 aromatic heterocycles. The maximum atomic E-state index is 5.54. The first-order valence-electron chi connectivity index (χ1n) is 4.90. The summed E-state index contributed by atoms with van der Waals surface area (Å²) < 4.78 is 0. The summed E-state index contributed by atoms with van der Waals surface area (Å²) >= 11 is 0. The molecule has 0 spiro atoms. The van der Waals surface area contributed by atoms with Crippen molar-refractivity contribution in [1.29, 1.82) is 0 Å². The van der Waals surface area contributed by atoms with Crippen LogP contribution in [0.5, 0.6) is 0 Å². The van der Waals surface area contributed by atoms with Crippen LogP contribution in [0.3, 0.4) is 0 Å². The van der Waals surface area contributed by atoms with E-state index >= 15 is 0 Å². The van der Waals surface area contributed by atoms with Gasteiger partial charge < -0.3 is 11.1 Å². The Morgan fingerprint density at radius 3 is 2.62 bits per heavy atom. The van der Waals surface area contributed by atoms with Crippen molar-refractivity contribution < 1.29 is 0 Å². The van der Waals surface area contributed by atoms with Gasteiger partial charge in [-0.25, -0.2) is 0 Å². The van der Waals surface area contributed by atoms with E-state index in [9.17, 15) is 0 Å². The minimum absolute atomic E-state index is 0.642. The SMILES string of the molecule is NCc1ccc(C2CCNC2)cc1. The fourth-order valence-corrected chi connectivity index (χ4v) is 1.87. The molecule has 1 unspecified atom stereocenters. The lowest BCUT2D eigenvalue weighted by atomic mass is 9.97. The molecule has 0 saturated carbocycles. The van der Waals surface area contributed by atoms with Gasteiger partial charge in [0.1, 0.15) is 0 Å². The van der Waals surface area contributed by atoms with Crippen molar-refractivity contribution in [3.63, 3.8) is 0 Å². The van der Waals surface area contributed by atoms with Gasteiger partial charge in [-0.15, -0.1) is 0 Å². The molecule has 0 amide bonds. The standard InChI is InChI=1S/C11H16N2/c12-7-9-1-3-10(4-2-9)11-5-6-13-8-11/h1-4,11,13H,5-8,12H2. The predicted molar refractivity (Wildman–Crippen MR) is 54.6 cm³/mol. The zero-order valence-electron chi connectivity index (χ0n) is 7.79. The van der Waals surface area contributed by atoms with E-state index in [1.54, 1.807) is 0 Å². The lowest BCUT2D eigenvalue weighted by molar-refractivity contribution is 0.762. The lowest BCUT2D eigenvalue weighted by Crippen LogP contribution is -2.08. The molecule has 2 heteroatoms. The summed E-state index contributed by atoms with van der Waals surface area (Å²) in [5, 5.41) is 3.37. The Kier molecular flexibility index (Phi) is 2.62. The van der Waals surface area contributed by atoms with Crippen molar-refractivity contribution >= 4 is 0 Å². The zero-order valence-corrected chi connectivity index (χ0v) is 7.79. The highest BCUT2D eigenvalue weighted by Gasteiger charge is 2.15. The second kappa shape index (κ2) is 3.90. The fraction of sp³-hybridized carbons (Fsp3) is 0.455. The average molecular weight is 176 g/mol. The topological polar surface area (TPSA) is 38.0 Å². The number of benzene rings is 1. The van der Waals surface area contributed by atoms with Crippen LogP contribution >= 0.6 is 0 Å². The molecule has 1 aromatic carbocycles. The quantitative estimate of drug-likeness (QED) is 0.711. The Morgan fingerprint density at radius 2 is 2.08 bits per heavy atom. The highest BCUT2D eigenvalue weighted by Crippen LogP contribution is 2.22. The van der Waals surface area contributed by atoms with E-state index in [-0.39, 0.29) is 0 Å². The molecular weight excluding hydrogens is 160 g/mol. The summed E-state index contributed by atoms with van der Waals surface area (Å²) in [5.74, 6) is 0.715. The molecule has 1 atom stereocenters. The minimum Gasteiger partial charge on any atom is -0.326 e. The van der Waals surface area contributed by atoms with Crippen LogP contribution in [0.15, 0.2) is 24.3 Å². The third-order valence-electron chi connectivity index (χ3n) is 2.75. The van der Waals surface area contributed by atoms with Crippen molar-refractivity contribution in [3.05, 3.63) is 35.4 Å². The molecule has 1 aliphatic rings. The van der Waals surface area contributed by atoms with Crippen molar-refractivity contribution in [2.45, 2.75) is 18.9 Å². The lowest BCUT2D eigenvalue weighted by Gasteiger charge is -2.08. The van der Waals surface area contributed by atoms with Crippen LogP contribution in [0, 0.1) is 0 Å². The summed E-state index contributed by atoms with van der Waals surface area (Å²) in [6.07, 6.45) is 1.27. The number of hydrogen-bond donors (Lipinski definition) is 2. The molecule has 1 aromatic rings. The largest absolute Gasteiger partial charge is 0.326 e. The van der Waals surface area contributed by atoms with Crippen LogP contribution in [0.1, 0.15) is 23.5 Å². The van der Waals surface area contributed by atoms with Gasteiger partial charge in [0.15, 0.2) is 0 Å². The monoisotopic (exact) mass is 176 g/mol. The maximum absolute atomic E-state index is 5.54. The summed E-state index contributed by atoms with van der Waals surface area (Å²) in [6.45, 7) is 2.93. The average Bonchev–Trinajstić information content (AvgIpc) is 2.71. The summed E-state index contributed by atoms with van der Waals surface area (Å²) in [6, 6.07) is 8.68. The Balaban J connectivity index is 2.12. The molecule has 0 bridgehead atoms. The molecular formula is C11H16N2. The van der Waals surface area contributed by atoms with Crippen LogP contribution in [0.2, 0.25) is 0 Å². The summed E-state index contributed by atoms with van der Waals surface area (Å²) in [4.78, 5) is 0. The van der Waals surface area contributed by atoms with E-state index in [4.69, 9.17) is 5.73 Å². The van der Waals surface area contributed by atoms with Crippen LogP contribution in [0.4, 0.5) is 0 Å². The van der Waals surface area contributed by atoms with Gasteiger partial charge in [-0.2, -0.15) is 0 Å². The van der Waals surface area contributed by atoms with E-state index < -0.39 is 0 Å². The predicted octanol–water partition coefficient (Wildman–Crippen LogP) is 1.22. The van der Waals surface area contributed by atoms with Gasteiger partial charge >= 0.3 is 0 Å². The Bertz CT molecular complexity index is 260. The Morgan fingerprint density at radius 1 is 1.31 bits per heavy atom. The number of rotatable bonds is 2. The highest BCUT2D eigenvalue weighted by molar-refractivity contribution is 5.26. The smallest absolute Gasteiger partial charge is 0.0178 e. The first-order valence-corrected chi connectivity index (χ1v) is 4.90. The minimum atomic E-state index is 0.642. The van der Waals surface area contributed by atoms with Crippen LogP contribution in [-0.2, 0) is 6.54 Å². The molecule has 1 saturated heterocycles. The van der Waals surface area contributed by atoms with E-state index in [0.29, 0.717) is 12.5 Å². The van der Waals surface area contributed by atoms with Crippen molar-refractivity contribution in [3.8, 4) is 0 Å². The van der Waals surface area contributed by atoms with Crippen LogP contribution < -0.4 is 11.1 Å². The Hall–Kier alpha value is -0.860. The zero-order chi connectivity index (χ0) is 9.10. The van der Waals surface area contributed by atoms with E-state index in [2.05, 4.69) is 29.6 Å². The molecule has 0 aliphatic carbocycles. The molecule has 1 heterocycles. The van der Waals surface area contributed by atoms with Gasteiger partial charge in [0, 0.05) is 13.1 Å². The van der Waals surface area contributed by atoms with E-state index in [1.165, 1.54) is 17.5 Å². The van der Waals surface area contributed by atoms with Crippen LogP contribution in [-0.4, -0.2) is 13.1 Å². The molecule has 2 rings (SSSR count). The molecule has 3 N–H and O–H groups in total. The molecule has 1 fully saturated rings. The van der Waals surface area contributed by atoms with Gasteiger partial charge in [0.25, 0.3) is 0 Å². The fourth-order valence-electron chi connectivity index (χ4n) is 1.87. The Labute approximate surface area is 79.1 Å². The van der Waals surface area contributed by atoms with Crippen molar-refractivity contribution in [2.24, 2.45) is 5.73 Å². The van der Waals surface area contributed by atoms with Gasteiger partial charge in [-0.1, -0.05) is 24.3 Å². The summed E-state index contributed by atoms with van der Waals surface area (Å²) in [7, 11) is 0. The second-order valence-corrected chi connectivity index (χ2v) is 3.64. The summed E-state index contributed by atoms with van der Waals surface area (Å²) in [5.41, 5.74) is 8.20. The number of nitrogens with one attached hydrogen (secondary N) is 1. The van der Waals surface area contributed by atoms with Crippen molar-refractivity contribution in [1.82, 2.24) is 5.32 Å². The van der Waals surface area contributed by atoms with E-state index in [0.717, 1.165) is 13.1 Å². The molecule has 1 aliphatic heterocycles. The van der Waals surface area contributed by atoms with Crippen molar-refractivity contribution in [2.75, 3.05) is 13.1 Å². The molecule has 2 nitrogen and oxygen atoms in total. The van der Waals surface area contributed by atoms with Gasteiger partial charge in [-0.05, 0) is 30.0 Å². The number of hydrogen-bond acceptors (Lipinski definition) is 2. The van der Waals surface area contributed by atoms with Gasteiger partial charge in [-0.3, -0.25) is 0 Å². The molecule has 0 radical (unpaired) electrons. The maximum Gasteiger partial charge on any atom is 0.0178 e. The first kappa shape index (κ1) is 8.73. The second-order valence-electron chi connectivity index (χ2n) is 3.64. The third-order valence-corrected chi connectivity index (χ3v) is 2.75. The molecule has 13 heavy (non-hydrogen) atoms. The normalized spacial score (nSPS) is 22.1. The van der Waals surface area contributed by atoms with E-state index in [1.807, 2.05) is 0 Å².